The van der Waals surface area contributed by atoms with Gasteiger partial charge in [-0.05, 0) is 30.4 Å². The van der Waals surface area contributed by atoms with Crippen molar-refractivity contribution >= 4 is 17.5 Å². The van der Waals surface area contributed by atoms with Crippen LogP contribution in [0.5, 0.6) is 0 Å². The maximum absolute atomic E-state index is 12.8. The van der Waals surface area contributed by atoms with E-state index < -0.39 is 6.04 Å². The number of para-hydroxylation sites is 1. The average molecular weight is 288 g/mol. The first-order valence-corrected chi connectivity index (χ1v) is 7.71. The summed E-state index contributed by atoms with van der Waals surface area (Å²) >= 11 is 0. The Balaban J connectivity index is 2.16. The van der Waals surface area contributed by atoms with Gasteiger partial charge in [0.2, 0.25) is 11.8 Å². The van der Waals surface area contributed by atoms with Gasteiger partial charge < -0.3 is 10.2 Å². The summed E-state index contributed by atoms with van der Waals surface area (Å²) in [6.07, 6.45) is 1.96. The molecule has 2 rings (SSSR count). The number of benzene rings is 1. The normalized spacial score (nSPS) is 15.0. The number of hydrogen-bond donors (Lipinski definition) is 1. The Labute approximate surface area is 126 Å². The first-order chi connectivity index (χ1) is 10.0. The average Bonchev–Trinajstić information content (AvgIpc) is 2.89. The smallest absolute Gasteiger partial charge is 0.249 e. The lowest BCUT2D eigenvalue weighted by Crippen LogP contribution is -2.48. The molecule has 1 aromatic rings. The molecule has 0 fully saturated rings. The lowest BCUT2D eigenvalue weighted by atomic mass is 10.0. The first-order valence-electron chi connectivity index (χ1n) is 7.71. The highest BCUT2D eigenvalue weighted by Gasteiger charge is 2.31. The molecule has 2 amide bonds. The van der Waals surface area contributed by atoms with Crippen LogP contribution in [-0.2, 0) is 16.0 Å². The fraction of sp³-hybridized carbons (Fsp3) is 0.529. The van der Waals surface area contributed by atoms with E-state index in [1.54, 1.807) is 6.92 Å². The molecule has 4 heteroatoms. The van der Waals surface area contributed by atoms with E-state index in [9.17, 15) is 9.59 Å². The minimum Gasteiger partial charge on any atom is -0.344 e. The largest absolute Gasteiger partial charge is 0.344 e. The summed E-state index contributed by atoms with van der Waals surface area (Å²) in [5.74, 6) is 0.297. The van der Waals surface area contributed by atoms with Gasteiger partial charge in [-0.25, -0.2) is 0 Å². The van der Waals surface area contributed by atoms with Crippen molar-refractivity contribution in [1.82, 2.24) is 5.32 Å². The van der Waals surface area contributed by atoms with E-state index in [1.165, 1.54) is 5.56 Å². The Hall–Kier alpha value is -1.84. The zero-order valence-electron chi connectivity index (χ0n) is 13.1. The van der Waals surface area contributed by atoms with E-state index >= 15 is 0 Å². The van der Waals surface area contributed by atoms with Crippen molar-refractivity contribution in [3.8, 4) is 0 Å². The Kier molecular flexibility index (Phi) is 4.99. The maximum atomic E-state index is 12.8. The van der Waals surface area contributed by atoms with E-state index in [0.29, 0.717) is 25.3 Å². The molecular formula is C17H24N2O2. The summed E-state index contributed by atoms with van der Waals surface area (Å²) in [5, 5.41) is 2.88. The summed E-state index contributed by atoms with van der Waals surface area (Å²) in [4.78, 5) is 26.3. The molecule has 0 aliphatic carbocycles. The Morgan fingerprint density at radius 1 is 1.29 bits per heavy atom. The molecule has 0 aromatic heterocycles. The van der Waals surface area contributed by atoms with Gasteiger partial charge in [-0.2, -0.15) is 0 Å². The number of nitrogens with zero attached hydrogens (tertiary/aromatic N) is 1. The predicted molar refractivity (Wildman–Crippen MR) is 84.2 cm³/mol. The quantitative estimate of drug-likeness (QED) is 0.905. The second-order valence-corrected chi connectivity index (χ2v) is 5.97. The molecule has 114 valence electrons. The number of nitrogens with one attached hydrogen (secondary N) is 1. The zero-order chi connectivity index (χ0) is 15.4. The Bertz CT molecular complexity index is 525. The van der Waals surface area contributed by atoms with Crippen LogP contribution in [0.3, 0.4) is 0 Å². The summed E-state index contributed by atoms with van der Waals surface area (Å²) in [7, 11) is 0. The lowest BCUT2D eigenvalue weighted by Gasteiger charge is -2.26. The molecule has 21 heavy (non-hydrogen) atoms. The van der Waals surface area contributed by atoms with Gasteiger partial charge in [-0.1, -0.05) is 39.0 Å². The molecule has 0 saturated carbocycles. The highest BCUT2D eigenvalue weighted by molar-refractivity contribution is 6.00. The monoisotopic (exact) mass is 288 g/mol. The van der Waals surface area contributed by atoms with Crippen LogP contribution < -0.4 is 10.2 Å². The minimum absolute atomic E-state index is 0.00968. The van der Waals surface area contributed by atoms with Crippen molar-refractivity contribution < 1.29 is 9.59 Å². The fourth-order valence-electron chi connectivity index (χ4n) is 2.74. The van der Waals surface area contributed by atoms with Crippen molar-refractivity contribution in [1.29, 1.82) is 0 Å². The van der Waals surface area contributed by atoms with Gasteiger partial charge in [0.1, 0.15) is 6.04 Å². The van der Waals surface area contributed by atoms with Gasteiger partial charge >= 0.3 is 0 Å². The van der Waals surface area contributed by atoms with Gasteiger partial charge in [-0.15, -0.1) is 0 Å². The van der Waals surface area contributed by atoms with Gasteiger partial charge in [0.25, 0.3) is 0 Å². The van der Waals surface area contributed by atoms with Crippen molar-refractivity contribution in [2.75, 3.05) is 11.4 Å². The summed E-state index contributed by atoms with van der Waals surface area (Å²) in [5.41, 5.74) is 2.19. The van der Waals surface area contributed by atoms with Gasteiger partial charge in [0.15, 0.2) is 0 Å². The number of hydrogen-bond acceptors (Lipinski definition) is 2. The molecule has 1 heterocycles. The molecule has 0 unspecified atom stereocenters. The SMILES string of the molecule is CCC(=O)N[C@@H](CC(C)C)C(=O)N1CCc2ccccc21. The van der Waals surface area contributed by atoms with Crippen molar-refractivity contribution in [2.45, 2.75) is 46.1 Å². The molecule has 1 aliphatic heterocycles. The van der Waals surface area contributed by atoms with Crippen LogP contribution in [0.2, 0.25) is 0 Å². The van der Waals surface area contributed by atoms with Crippen molar-refractivity contribution in [2.24, 2.45) is 5.92 Å². The molecule has 4 nitrogen and oxygen atoms in total. The highest BCUT2D eigenvalue weighted by Crippen LogP contribution is 2.28. The maximum Gasteiger partial charge on any atom is 0.249 e. The Morgan fingerprint density at radius 3 is 2.67 bits per heavy atom. The number of anilines is 1. The lowest BCUT2D eigenvalue weighted by molar-refractivity contribution is -0.127. The molecular weight excluding hydrogens is 264 g/mol. The van der Waals surface area contributed by atoms with E-state index in [-0.39, 0.29) is 11.8 Å². The van der Waals surface area contributed by atoms with Crippen LogP contribution in [0.15, 0.2) is 24.3 Å². The van der Waals surface area contributed by atoms with Crippen molar-refractivity contribution in [3.05, 3.63) is 29.8 Å². The van der Waals surface area contributed by atoms with E-state index in [1.807, 2.05) is 23.1 Å². The van der Waals surface area contributed by atoms with Crippen LogP contribution in [0.4, 0.5) is 5.69 Å². The summed E-state index contributed by atoms with van der Waals surface area (Å²) in [6, 6.07) is 7.56. The standard InChI is InChI=1S/C17H24N2O2/c1-4-16(20)18-14(11-12(2)3)17(21)19-10-9-13-7-5-6-8-15(13)19/h5-8,12,14H,4,9-11H2,1-3H3,(H,18,20)/t14-/m0/s1. The van der Waals surface area contributed by atoms with Gasteiger partial charge in [-0.3, -0.25) is 9.59 Å². The summed E-state index contributed by atoms with van der Waals surface area (Å²) in [6.45, 7) is 6.64. The number of rotatable bonds is 5. The van der Waals surface area contributed by atoms with Crippen LogP contribution in [0.25, 0.3) is 0 Å². The fourth-order valence-corrected chi connectivity index (χ4v) is 2.74. The van der Waals surface area contributed by atoms with Gasteiger partial charge in [0.05, 0.1) is 0 Å². The second-order valence-electron chi connectivity index (χ2n) is 5.97. The van der Waals surface area contributed by atoms with Crippen LogP contribution in [0, 0.1) is 5.92 Å². The zero-order valence-corrected chi connectivity index (χ0v) is 13.1. The molecule has 0 radical (unpaired) electrons. The number of carbonyl (C=O) groups excluding carboxylic acids is 2. The minimum atomic E-state index is -0.427. The number of amides is 2. The van der Waals surface area contributed by atoms with Crippen molar-refractivity contribution in [3.63, 3.8) is 0 Å². The molecule has 0 spiro atoms. The molecule has 1 N–H and O–H groups in total. The predicted octanol–water partition coefficient (Wildman–Crippen LogP) is 2.52. The third-order valence-corrected chi connectivity index (χ3v) is 3.81. The van der Waals surface area contributed by atoms with E-state index in [0.717, 1.165) is 12.1 Å². The summed E-state index contributed by atoms with van der Waals surface area (Å²) < 4.78 is 0. The van der Waals surface area contributed by atoms with Crippen LogP contribution in [0.1, 0.15) is 39.2 Å². The number of fused-ring (bicyclic) bond motifs is 1. The molecule has 1 atom stereocenters. The van der Waals surface area contributed by atoms with E-state index in [4.69, 9.17) is 0 Å². The third-order valence-electron chi connectivity index (χ3n) is 3.81. The first kappa shape index (κ1) is 15.5. The van der Waals surface area contributed by atoms with E-state index in [2.05, 4.69) is 25.2 Å². The number of carbonyl (C=O) groups is 2. The van der Waals surface area contributed by atoms with Crippen LogP contribution >= 0.6 is 0 Å². The van der Waals surface area contributed by atoms with Gasteiger partial charge in [0, 0.05) is 18.7 Å². The molecule has 0 bridgehead atoms. The topological polar surface area (TPSA) is 49.4 Å². The molecule has 1 aromatic carbocycles. The van der Waals surface area contributed by atoms with Crippen LogP contribution in [-0.4, -0.2) is 24.4 Å². The second kappa shape index (κ2) is 6.74. The Morgan fingerprint density at radius 2 is 2.00 bits per heavy atom. The molecule has 0 saturated heterocycles. The third kappa shape index (κ3) is 3.63. The highest BCUT2D eigenvalue weighted by atomic mass is 16.2. The molecule has 1 aliphatic rings.